The van der Waals surface area contributed by atoms with Crippen molar-refractivity contribution < 1.29 is 42.1 Å². The van der Waals surface area contributed by atoms with E-state index in [-0.39, 0.29) is 19.0 Å². The third-order valence-electron chi connectivity index (χ3n) is 3.70. The highest BCUT2D eigenvalue weighted by Crippen LogP contribution is 2.32. The van der Waals surface area contributed by atoms with Crippen molar-refractivity contribution >= 4 is 23.7 Å². The van der Waals surface area contributed by atoms with Crippen molar-refractivity contribution in [2.45, 2.75) is 31.7 Å². The molecular formula is C15H15F3N2O6. The van der Waals surface area contributed by atoms with Crippen LogP contribution < -0.4 is 4.90 Å². The first-order valence-corrected chi connectivity index (χ1v) is 7.37. The van der Waals surface area contributed by atoms with Gasteiger partial charge in [0.2, 0.25) is 6.10 Å². The number of amides is 1. The summed E-state index contributed by atoms with van der Waals surface area (Å²) in [5.74, 6) is -3.88. The predicted octanol–water partition coefficient (Wildman–Crippen LogP) is 1.24. The number of nitrogens with zero attached hydrogens (tertiary/aromatic N) is 2. The number of carbonyl (C=O) groups excluding carboxylic acids is 2. The number of anilines is 1. The summed E-state index contributed by atoms with van der Waals surface area (Å²) in [6, 6.07) is 3.00. The van der Waals surface area contributed by atoms with Crippen molar-refractivity contribution in [2.24, 2.45) is 0 Å². The maximum absolute atomic E-state index is 12.8. The molecule has 0 aromatic carbocycles. The van der Waals surface area contributed by atoms with Crippen LogP contribution in [0.4, 0.5) is 19.0 Å². The van der Waals surface area contributed by atoms with E-state index in [9.17, 15) is 32.7 Å². The molecular weight excluding hydrogens is 361 g/mol. The lowest BCUT2D eigenvalue weighted by Crippen LogP contribution is -2.64. The van der Waals surface area contributed by atoms with E-state index in [1.165, 1.54) is 6.07 Å². The molecule has 1 fully saturated rings. The minimum atomic E-state index is -4.71. The number of carbonyl (C=O) groups is 3. The Hall–Kier alpha value is -2.69. The Morgan fingerprint density at radius 3 is 2.62 bits per heavy atom. The van der Waals surface area contributed by atoms with Gasteiger partial charge in [-0.3, -0.25) is 14.5 Å². The van der Waals surface area contributed by atoms with Crippen LogP contribution in [0.2, 0.25) is 0 Å². The molecule has 1 saturated heterocycles. The summed E-state index contributed by atoms with van der Waals surface area (Å²) in [7, 11) is 0. The first-order chi connectivity index (χ1) is 12.0. The van der Waals surface area contributed by atoms with Gasteiger partial charge in [0, 0.05) is 6.92 Å². The highest BCUT2D eigenvalue weighted by Gasteiger charge is 2.53. The number of esters is 1. The molecule has 2 heterocycles. The summed E-state index contributed by atoms with van der Waals surface area (Å²) in [5.41, 5.74) is -3.32. The fourth-order valence-electron chi connectivity index (χ4n) is 2.48. The van der Waals surface area contributed by atoms with Crippen LogP contribution in [0.5, 0.6) is 0 Å². The third kappa shape index (κ3) is 3.77. The molecule has 0 radical (unpaired) electrons. The average molecular weight is 376 g/mol. The van der Waals surface area contributed by atoms with Crippen LogP contribution >= 0.6 is 0 Å². The van der Waals surface area contributed by atoms with Gasteiger partial charge in [-0.25, -0.2) is 9.78 Å². The standard InChI is InChI=1S/C15H15F3N2O6/c1-8(21)26-11(12(22)23)14(2)13(24)20(6-7-25-14)10-5-3-4-9(19-10)15(16,17)18/h3-5,11H,6-7H2,1-2H3,(H,22,23)/t11-,14?/m0/s1. The maximum atomic E-state index is 12.8. The molecule has 8 nitrogen and oxygen atoms in total. The molecule has 1 unspecified atom stereocenters. The quantitative estimate of drug-likeness (QED) is 0.788. The molecule has 142 valence electrons. The van der Waals surface area contributed by atoms with Gasteiger partial charge in [-0.05, 0) is 19.1 Å². The molecule has 2 rings (SSSR count). The minimum Gasteiger partial charge on any atom is -0.478 e. The summed E-state index contributed by atoms with van der Waals surface area (Å²) in [5, 5.41) is 9.27. The lowest BCUT2D eigenvalue weighted by molar-refractivity contribution is -0.193. The minimum absolute atomic E-state index is 0.144. The fourth-order valence-corrected chi connectivity index (χ4v) is 2.48. The number of morpholine rings is 1. The molecule has 1 N–H and O–H groups in total. The Labute approximate surface area is 145 Å². The normalized spacial score (nSPS) is 22.0. The molecule has 11 heteroatoms. The van der Waals surface area contributed by atoms with Crippen LogP contribution in [0.1, 0.15) is 19.5 Å². The monoisotopic (exact) mass is 376 g/mol. The molecule has 0 aliphatic carbocycles. The number of rotatable bonds is 4. The highest BCUT2D eigenvalue weighted by molar-refractivity contribution is 6.03. The smallest absolute Gasteiger partial charge is 0.433 e. The Balaban J connectivity index is 2.40. The van der Waals surface area contributed by atoms with E-state index in [0.29, 0.717) is 0 Å². The van der Waals surface area contributed by atoms with Gasteiger partial charge in [0.15, 0.2) is 5.60 Å². The first kappa shape index (κ1) is 19.6. The Kier molecular flexibility index (Phi) is 5.21. The molecule has 0 saturated carbocycles. The van der Waals surface area contributed by atoms with Gasteiger partial charge in [-0.1, -0.05) is 6.07 Å². The molecule has 0 spiro atoms. The van der Waals surface area contributed by atoms with E-state index in [4.69, 9.17) is 4.74 Å². The number of alkyl halides is 3. The molecule has 0 bridgehead atoms. The Morgan fingerprint density at radius 1 is 1.42 bits per heavy atom. The summed E-state index contributed by atoms with van der Waals surface area (Å²) in [4.78, 5) is 39.6. The largest absolute Gasteiger partial charge is 0.478 e. The first-order valence-electron chi connectivity index (χ1n) is 7.37. The average Bonchev–Trinajstić information content (AvgIpc) is 2.54. The second kappa shape index (κ2) is 6.90. The summed E-state index contributed by atoms with van der Waals surface area (Å²) >= 11 is 0. The SMILES string of the molecule is CC(=O)O[C@@H](C(=O)O)C1(C)OCCN(c2cccc(C(F)(F)F)n2)C1=O. The van der Waals surface area contributed by atoms with E-state index >= 15 is 0 Å². The number of pyridine rings is 1. The van der Waals surface area contributed by atoms with Gasteiger partial charge < -0.3 is 14.6 Å². The van der Waals surface area contributed by atoms with Gasteiger partial charge in [0.25, 0.3) is 5.91 Å². The number of aromatic nitrogens is 1. The number of hydrogen-bond donors (Lipinski definition) is 1. The highest BCUT2D eigenvalue weighted by atomic mass is 19.4. The molecule has 1 amide bonds. The Bertz CT molecular complexity index is 738. The predicted molar refractivity (Wildman–Crippen MR) is 79.1 cm³/mol. The van der Waals surface area contributed by atoms with Crippen molar-refractivity contribution in [3.05, 3.63) is 23.9 Å². The van der Waals surface area contributed by atoms with Crippen molar-refractivity contribution in [3.63, 3.8) is 0 Å². The number of ether oxygens (including phenoxy) is 2. The summed E-state index contributed by atoms with van der Waals surface area (Å²) < 4.78 is 48.4. The van der Waals surface area contributed by atoms with Crippen molar-refractivity contribution in [3.8, 4) is 0 Å². The molecule has 2 atom stereocenters. The van der Waals surface area contributed by atoms with Crippen LogP contribution in [0.3, 0.4) is 0 Å². The van der Waals surface area contributed by atoms with E-state index in [1.807, 2.05) is 0 Å². The van der Waals surface area contributed by atoms with Gasteiger partial charge >= 0.3 is 18.1 Å². The molecule has 1 aromatic rings. The molecule has 1 aliphatic heterocycles. The van der Waals surface area contributed by atoms with E-state index < -0.39 is 41.4 Å². The lowest BCUT2D eigenvalue weighted by Gasteiger charge is -2.41. The third-order valence-corrected chi connectivity index (χ3v) is 3.70. The second-order valence-corrected chi connectivity index (χ2v) is 5.62. The van der Waals surface area contributed by atoms with E-state index in [0.717, 1.165) is 30.9 Å². The number of carboxylic acid groups (broad SMARTS) is 1. The van der Waals surface area contributed by atoms with E-state index in [2.05, 4.69) is 9.72 Å². The van der Waals surface area contributed by atoms with Crippen molar-refractivity contribution in [1.82, 2.24) is 4.98 Å². The number of hydrogen-bond acceptors (Lipinski definition) is 6. The van der Waals surface area contributed by atoms with Gasteiger partial charge in [-0.15, -0.1) is 0 Å². The summed E-state index contributed by atoms with van der Waals surface area (Å²) in [6.45, 7) is 1.72. The van der Waals surface area contributed by atoms with Crippen molar-refractivity contribution in [1.29, 1.82) is 0 Å². The number of aliphatic carboxylic acids is 1. The van der Waals surface area contributed by atoms with Crippen molar-refractivity contribution in [2.75, 3.05) is 18.1 Å². The zero-order chi connectivity index (χ0) is 19.7. The van der Waals surface area contributed by atoms with E-state index in [1.54, 1.807) is 0 Å². The zero-order valence-electron chi connectivity index (χ0n) is 13.7. The summed E-state index contributed by atoms with van der Waals surface area (Å²) in [6.07, 6.45) is -6.68. The van der Waals surface area contributed by atoms with Gasteiger partial charge in [-0.2, -0.15) is 13.2 Å². The lowest BCUT2D eigenvalue weighted by atomic mass is 9.95. The van der Waals surface area contributed by atoms with Crippen LogP contribution in [-0.2, 0) is 30.0 Å². The van der Waals surface area contributed by atoms with Crippen LogP contribution in [0.25, 0.3) is 0 Å². The topological polar surface area (TPSA) is 106 Å². The zero-order valence-corrected chi connectivity index (χ0v) is 13.7. The molecule has 1 aromatic heterocycles. The number of carboxylic acids is 1. The fraction of sp³-hybridized carbons (Fsp3) is 0.467. The second-order valence-electron chi connectivity index (χ2n) is 5.62. The maximum Gasteiger partial charge on any atom is 0.433 e. The number of halogens is 3. The van der Waals surface area contributed by atoms with Gasteiger partial charge in [0.05, 0.1) is 13.2 Å². The van der Waals surface area contributed by atoms with Crippen LogP contribution in [0.15, 0.2) is 18.2 Å². The van der Waals surface area contributed by atoms with Gasteiger partial charge in [0.1, 0.15) is 11.5 Å². The van der Waals surface area contributed by atoms with Crippen LogP contribution in [-0.4, -0.2) is 52.8 Å². The molecule has 1 aliphatic rings. The Morgan fingerprint density at radius 2 is 2.08 bits per heavy atom. The molecule has 26 heavy (non-hydrogen) atoms. The van der Waals surface area contributed by atoms with Crippen LogP contribution in [0, 0.1) is 0 Å².